The van der Waals surface area contributed by atoms with Crippen molar-refractivity contribution in [1.82, 2.24) is 9.78 Å². The topological polar surface area (TPSA) is 43.8 Å². The van der Waals surface area contributed by atoms with Gasteiger partial charge >= 0.3 is 0 Å². The van der Waals surface area contributed by atoms with Gasteiger partial charge in [-0.15, -0.1) is 0 Å². The maximum atomic E-state index is 5.96. The molecule has 0 atom stereocenters. The normalized spacial score (nSPS) is 10.8. The lowest BCUT2D eigenvalue weighted by molar-refractivity contribution is 0.860. The molecule has 0 aliphatic rings. The van der Waals surface area contributed by atoms with Crippen molar-refractivity contribution in [3.05, 3.63) is 45.1 Å². The summed E-state index contributed by atoms with van der Waals surface area (Å²) in [5, 5.41) is 4.98. The molecule has 0 unspecified atom stereocenters. The van der Waals surface area contributed by atoms with Crippen LogP contribution in [0.4, 0.5) is 0 Å². The van der Waals surface area contributed by atoms with Crippen molar-refractivity contribution in [3.63, 3.8) is 0 Å². The van der Waals surface area contributed by atoms with Crippen molar-refractivity contribution in [2.45, 2.75) is 13.5 Å². The van der Waals surface area contributed by atoms with E-state index in [1.165, 1.54) is 0 Å². The molecule has 0 saturated heterocycles. The minimum Gasteiger partial charge on any atom is -0.326 e. The number of nitrogens with zero attached hydrogens (tertiary/aromatic N) is 2. The molecule has 0 amide bonds. The highest BCUT2D eigenvalue weighted by Crippen LogP contribution is 2.22. The van der Waals surface area contributed by atoms with Crippen molar-refractivity contribution in [2.75, 3.05) is 0 Å². The minimum atomic E-state index is 0.514. The van der Waals surface area contributed by atoms with E-state index >= 15 is 0 Å². The van der Waals surface area contributed by atoms with Crippen LogP contribution < -0.4 is 5.73 Å². The molecule has 5 heteroatoms. The van der Waals surface area contributed by atoms with Crippen LogP contribution in [0.2, 0.25) is 5.02 Å². The molecule has 2 aromatic rings. The Kier molecular flexibility index (Phi) is 3.33. The molecule has 0 radical (unpaired) electrons. The fraction of sp³-hybridized carbons (Fsp3) is 0.182. The van der Waals surface area contributed by atoms with Gasteiger partial charge in [0.25, 0.3) is 0 Å². The molecule has 2 rings (SSSR count). The number of nitrogens with two attached hydrogens (primary N) is 1. The lowest BCUT2D eigenvalue weighted by Gasteiger charge is -2.05. The fourth-order valence-corrected chi connectivity index (χ4v) is 2.07. The minimum absolute atomic E-state index is 0.514. The van der Waals surface area contributed by atoms with Crippen LogP contribution >= 0.6 is 27.5 Å². The third kappa shape index (κ3) is 2.14. The smallest absolute Gasteiger partial charge is 0.0819 e. The van der Waals surface area contributed by atoms with E-state index in [2.05, 4.69) is 21.0 Å². The monoisotopic (exact) mass is 299 g/mol. The second-order valence-corrected chi connectivity index (χ2v) is 4.75. The molecular formula is C11H11BrClN3. The Balaban J connectivity index is 2.45. The molecule has 84 valence electrons. The maximum Gasteiger partial charge on any atom is 0.0819 e. The first-order valence-corrected chi connectivity index (χ1v) is 5.99. The zero-order chi connectivity index (χ0) is 11.7. The SMILES string of the molecule is Cc1nn(-c2ccc(CN)c(Br)c2)cc1Cl. The third-order valence-corrected chi connectivity index (χ3v) is 3.47. The summed E-state index contributed by atoms with van der Waals surface area (Å²) in [6.07, 6.45) is 1.79. The quantitative estimate of drug-likeness (QED) is 0.926. The largest absolute Gasteiger partial charge is 0.326 e. The molecule has 0 spiro atoms. The molecule has 1 heterocycles. The molecule has 3 nitrogen and oxygen atoms in total. The summed E-state index contributed by atoms with van der Waals surface area (Å²) in [6.45, 7) is 2.39. The molecule has 0 fully saturated rings. The van der Waals surface area contributed by atoms with Crippen molar-refractivity contribution in [2.24, 2.45) is 5.73 Å². The van der Waals surface area contributed by atoms with E-state index in [4.69, 9.17) is 17.3 Å². The van der Waals surface area contributed by atoms with Gasteiger partial charge in [-0.25, -0.2) is 4.68 Å². The van der Waals surface area contributed by atoms with E-state index in [0.717, 1.165) is 21.4 Å². The number of hydrogen-bond acceptors (Lipinski definition) is 2. The van der Waals surface area contributed by atoms with E-state index in [1.54, 1.807) is 10.9 Å². The summed E-state index contributed by atoms with van der Waals surface area (Å²) in [5.41, 5.74) is 8.44. The molecule has 0 saturated carbocycles. The molecule has 1 aromatic carbocycles. The summed E-state index contributed by atoms with van der Waals surface area (Å²) < 4.78 is 2.74. The zero-order valence-electron chi connectivity index (χ0n) is 8.74. The summed E-state index contributed by atoms with van der Waals surface area (Å²) in [6, 6.07) is 5.92. The molecule has 1 aromatic heterocycles. The fourth-order valence-electron chi connectivity index (χ4n) is 1.42. The van der Waals surface area contributed by atoms with Gasteiger partial charge in [0.1, 0.15) is 0 Å². The second-order valence-electron chi connectivity index (χ2n) is 3.49. The molecule has 16 heavy (non-hydrogen) atoms. The van der Waals surface area contributed by atoms with Gasteiger partial charge in [-0.1, -0.05) is 33.6 Å². The van der Waals surface area contributed by atoms with E-state index < -0.39 is 0 Å². The van der Waals surface area contributed by atoms with Gasteiger partial charge in [0.15, 0.2) is 0 Å². The Hall–Kier alpha value is -0.840. The summed E-state index contributed by atoms with van der Waals surface area (Å²) >= 11 is 9.44. The van der Waals surface area contributed by atoms with Crippen LogP contribution in [0.1, 0.15) is 11.3 Å². The molecule has 0 aliphatic heterocycles. The first-order valence-electron chi connectivity index (χ1n) is 4.82. The summed E-state index contributed by atoms with van der Waals surface area (Å²) in [5.74, 6) is 0. The number of hydrogen-bond donors (Lipinski definition) is 1. The van der Waals surface area contributed by atoms with Gasteiger partial charge in [-0.05, 0) is 24.6 Å². The van der Waals surface area contributed by atoms with E-state index in [1.807, 2.05) is 25.1 Å². The number of halogens is 2. The number of rotatable bonds is 2. The first kappa shape index (κ1) is 11.6. The first-order chi connectivity index (χ1) is 7.61. The lowest BCUT2D eigenvalue weighted by atomic mass is 10.2. The maximum absolute atomic E-state index is 5.96. The van der Waals surface area contributed by atoms with Crippen LogP contribution in [0.3, 0.4) is 0 Å². The van der Waals surface area contributed by atoms with Gasteiger partial charge in [-0.2, -0.15) is 5.10 Å². The Bertz CT molecular complexity index is 502. The highest BCUT2D eigenvalue weighted by molar-refractivity contribution is 9.10. The molecule has 0 aliphatic carbocycles. The van der Waals surface area contributed by atoms with Crippen molar-refractivity contribution in [3.8, 4) is 5.69 Å². The van der Waals surface area contributed by atoms with Crippen LogP contribution in [0, 0.1) is 6.92 Å². The number of benzene rings is 1. The molecular weight excluding hydrogens is 289 g/mol. The van der Waals surface area contributed by atoms with Gasteiger partial charge < -0.3 is 5.73 Å². The average Bonchev–Trinajstić information content (AvgIpc) is 2.59. The molecule has 0 bridgehead atoms. The number of aromatic nitrogens is 2. The average molecular weight is 301 g/mol. The van der Waals surface area contributed by atoms with Gasteiger partial charge in [0, 0.05) is 17.2 Å². The van der Waals surface area contributed by atoms with Crippen molar-refractivity contribution >= 4 is 27.5 Å². The van der Waals surface area contributed by atoms with E-state index in [-0.39, 0.29) is 0 Å². The Morgan fingerprint density at radius 2 is 2.25 bits per heavy atom. The van der Waals surface area contributed by atoms with E-state index in [0.29, 0.717) is 11.6 Å². The van der Waals surface area contributed by atoms with Crippen LogP contribution in [0.5, 0.6) is 0 Å². The highest BCUT2D eigenvalue weighted by atomic mass is 79.9. The molecule has 2 N–H and O–H groups in total. The van der Waals surface area contributed by atoms with Gasteiger partial charge in [0.2, 0.25) is 0 Å². The van der Waals surface area contributed by atoms with Crippen LogP contribution in [-0.2, 0) is 6.54 Å². The third-order valence-electron chi connectivity index (χ3n) is 2.36. The van der Waals surface area contributed by atoms with Crippen LogP contribution in [-0.4, -0.2) is 9.78 Å². The Labute approximate surface area is 107 Å². The predicted molar refractivity (Wildman–Crippen MR) is 68.9 cm³/mol. The summed E-state index contributed by atoms with van der Waals surface area (Å²) in [7, 11) is 0. The summed E-state index contributed by atoms with van der Waals surface area (Å²) in [4.78, 5) is 0. The standard InChI is InChI=1S/C11H11BrClN3/c1-7-11(13)6-16(15-7)9-3-2-8(5-14)10(12)4-9/h2-4,6H,5,14H2,1H3. The van der Waals surface area contributed by atoms with Crippen LogP contribution in [0.15, 0.2) is 28.9 Å². The Morgan fingerprint density at radius 3 is 2.75 bits per heavy atom. The van der Waals surface area contributed by atoms with E-state index in [9.17, 15) is 0 Å². The van der Waals surface area contributed by atoms with Crippen LogP contribution in [0.25, 0.3) is 5.69 Å². The Morgan fingerprint density at radius 1 is 1.50 bits per heavy atom. The second kappa shape index (κ2) is 4.57. The van der Waals surface area contributed by atoms with Crippen molar-refractivity contribution in [1.29, 1.82) is 0 Å². The van der Waals surface area contributed by atoms with Gasteiger partial charge in [0.05, 0.1) is 16.4 Å². The number of aryl methyl sites for hydroxylation is 1. The highest BCUT2D eigenvalue weighted by Gasteiger charge is 2.05. The van der Waals surface area contributed by atoms with Gasteiger partial charge in [-0.3, -0.25) is 0 Å². The zero-order valence-corrected chi connectivity index (χ0v) is 11.1. The lowest BCUT2D eigenvalue weighted by Crippen LogP contribution is -2.00. The predicted octanol–water partition coefficient (Wildman–Crippen LogP) is 3.06. The van der Waals surface area contributed by atoms with Crippen molar-refractivity contribution < 1.29 is 0 Å².